The Morgan fingerprint density at radius 1 is 1.11 bits per heavy atom. The molecule has 1 aliphatic heterocycles. The summed E-state index contributed by atoms with van der Waals surface area (Å²) in [5.74, 6) is 0. The lowest BCUT2D eigenvalue weighted by Crippen LogP contribution is -2.57. The second-order valence-electron chi connectivity index (χ2n) is 5.28. The summed E-state index contributed by atoms with van der Waals surface area (Å²) in [5.41, 5.74) is 0.316. The molecule has 1 fully saturated rings. The Morgan fingerprint density at radius 3 is 2.11 bits per heavy atom. The van der Waals surface area contributed by atoms with E-state index in [2.05, 4.69) is 5.32 Å². The molecule has 0 amide bonds. The minimum Gasteiger partial charge on any atom is -0.309 e. The summed E-state index contributed by atoms with van der Waals surface area (Å²) in [6.07, 6.45) is -4.25. The van der Waals surface area contributed by atoms with E-state index in [-0.39, 0.29) is 12.1 Å². The summed E-state index contributed by atoms with van der Waals surface area (Å²) in [6.45, 7) is 4.65. The van der Waals surface area contributed by atoms with E-state index < -0.39 is 12.2 Å². The normalized spacial score (nSPS) is 27.2. The number of nitrogens with zero attached hydrogens (tertiary/aromatic N) is 1. The lowest BCUT2D eigenvalue weighted by Gasteiger charge is -2.41. The number of piperazine rings is 1. The highest BCUT2D eigenvalue weighted by Crippen LogP contribution is 2.38. The van der Waals surface area contributed by atoms with Crippen LogP contribution in [-0.4, -0.2) is 36.2 Å². The molecule has 1 aromatic carbocycles. The molecule has 0 spiro atoms. The molecule has 19 heavy (non-hydrogen) atoms. The molecule has 0 bridgehead atoms. The zero-order valence-corrected chi connectivity index (χ0v) is 11.1. The van der Waals surface area contributed by atoms with Crippen LogP contribution in [0, 0.1) is 0 Å². The number of nitrogens with one attached hydrogen (secondary N) is 1. The number of hydrogen-bond donors (Lipinski definition) is 1. The molecule has 1 aliphatic rings. The molecule has 1 aromatic rings. The molecular weight excluding hydrogens is 253 g/mol. The Balaban J connectivity index is 2.28. The van der Waals surface area contributed by atoms with Gasteiger partial charge in [0.15, 0.2) is 0 Å². The molecule has 1 N–H and O–H groups in total. The van der Waals surface area contributed by atoms with Gasteiger partial charge in [-0.1, -0.05) is 30.3 Å². The molecule has 0 radical (unpaired) electrons. The van der Waals surface area contributed by atoms with Crippen LogP contribution in [0.25, 0.3) is 0 Å². The maximum Gasteiger partial charge on any atom is 0.408 e. The van der Waals surface area contributed by atoms with Crippen molar-refractivity contribution in [2.45, 2.75) is 38.1 Å². The average Bonchev–Trinajstić information content (AvgIpc) is 2.27. The molecule has 106 valence electrons. The SMILES string of the molecule is CC1CN(C(c2ccccc2)C(F)(F)F)CC(C)N1. The van der Waals surface area contributed by atoms with Crippen LogP contribution < -0.4 is 5.32 Å². The van der Waals surface area contributed by atoms with E-state index in [4.69, 9.17) is 0 Å². The van der Waals surface area contributed by atoms with E-state index in [9.17, 15) is 13.2 Å². The Hall–Kier alpha value is -1.07. The van der Waals surface area contributed by atoms with Crippen LogP contribution in [0.1, 0.15) is 25.5 Å². The van der Waals surface area contributed by atoms with E-state index >= 15 is 0 Å². The van der Waals surface area contributed by atoms with Crippen molar-refractivity contribution in [3.05, 3.63) is 35.9 Å². The van der Waals surface area contributed by atoms with Gasteiger partial charge in [0, 0.05) is 25.2 Å². The van der Waals surface area contributed by atoms with Crippen molar-refractivity contribution in [1.29, 1.82) is 0 Å². The standard InChI is InChI=1S/C14H19F3N2/c1-10-8-19(9-11(2)18-10)13(14(15,16)17)12-6-4-3-5-7-12/h3-7,10-11,13,18H,8-9H2,1-2H3. The van der Waals surface area contributed by atoms with Gasteiger partial charge in [-0.3, -0.25) is 4.90 Å². The van der Waals surface area contributed by atoms with Crippen LogP contribution in [-0.2, 0) is 0 Å². The molecule has 0 saturated carbocycles. The summed E-state index contributed by atoms with van der Waals surface area (Å²) < 4.78 is 40.1. The monoisotopic (exact) mass is 272 g/mol. The number of alkyl halides is 3. The van der Waals surface area contributed by atoms with Gasteiger partial charge in [-0.05, 0) is 19.4 Å². The first kappa shape index (κ1) is 14.3. The average molecular weight is 272 g/mol. The molecule has 2 nitrogen and oxygen atoms in total. The van der Waals surface area contributed by atoms with Crippen molar-refractivity contribution in [3.8, 4) is 0 Å². The first-order valence-corrected chi connectivity index (χ1v) is 6.49. The van der Waals surface area contributed by atoms with Gasteiger partial charge in [-0.15, -0.1) is 0 Å². The predicted octanol–water partition coefficient (Wildman–Crippen LogP) is 2.97. The highest BCUT2D eigenvalue weighted by Gasteiger charge is 2.46. The van der Waals surface area contributed by atoms with Crippen molar-refractivity contribution in [2.75, 3.05) is 13.1 Å². The second-order valence-corrected chi connectivity index (χ2v) is 5.28. The van der Waals surface area contributed by atoms with Crippen molar-refractivity contribution in [3.63, 3.8) is 0 Å². The highest BCUT2D eigenvalue weighted by atomic mass is 19.4. The van der Waals surface area contributed by atoms with E-state index in [1.54, 1.807) is 30.3 Å². The third kappa shape index (κ3) is 3.48. The lowest BCUT2D eigenvalue weighted by atomic mass is 10.0. The Morgan fingerprint density at radius 2 is 1.63 bits per heavy atom. The summed E-state index contributed by atoms with van der Waals surface area (Å²) in [6, 6.07) is 6.77. The number of hydrogen-bond acceptors (Lipinski definition) is 2. The third-order valence-corrected chi connectivity index (χ3v) is 3.38. The van der Waals surface area contributed by atoms with Crippen molar-refractivity contribution >= 4 is 0 Å². The molecule has 5 heteroatoms. The van der Waals surface area contributed by atoms with Crippen LogP contribution in [0.2, 0.25) is 0 Å². The minimum atomic E-state index is -4.25. The summed E-state index contributed by atoms with van der Waals surface area (Å²) in [5, 5.41) is 3.26. The molecule has 0 aromatic heterocycles. The van der Waals surface area contributed by atoms with Crippen LogP contribution in [0.4, 0.5) is 13.2 Å². The zero-order chi connectivity index (χ0) is 14.0. The maximum absolute atomic E-state index is 13.4. The molecular formula is C14H19F3N2. The largest absolute Gasteiger partial charge is 0.408 e. The van der Waals surface area contributed by atoms with Crippen molar-refractivity contribution in [1.82, 2.24) is 10.2 Å². The molecule has 1 saturated heterocycles. The summed E-state index contributed by atoms with van der Waals surface area (Å²) >= 11 is 0. The van der Waals surface area contributed by atoms with E-state index in [0.717, 1.165) is 0 Å². The Bertz CT molecular complexity index is 395. The first-order valence-electron chi connectivity index (χ1n) is 6.49. The van der Waals surface area contributed by atoms with Gasteiger partial charge in [-0.2, -0.15) is 13.2 Å². The predicted molar refractivity (Wildman–Crippen MR) is 68.9 cm³/mol. The fourth-order valence-electron chi connectivity index (χ4n) is 2.82. The topological polar surface area (TPSA) is 15.3 Å². The lowest BCUT2D eigenvalue weighted by molar-refractivity contribution is -0.190. The van der Waals surface area contributed by atoms with Crippen molar-refractivity contribution in [2.24, 2.45) is 0 Å². The van der Waals surface area contributed by atoms with Gasteiger partial charge in [0.05, 0.1) is 0 Å². The fraction of sp³-hybridized carbons (Fsp3) is 0.571. The number of rotatable bonds is 2. The smallest absolute Gasteiger partial charge is 0.309 e. The summed E-state index contributed by atoms with van der Waals surface area (Å²) in [4.78, 5) is 1.53. The Kier molecular flexibility index (Phi) is 4.16. The van der Waals surface area contributed by atoms with Gasteiger partial charge in [0.1, 0.15) is 6.04 Å². The van der Waals surface area contributed by atoms with Crippen LogP contribution in [0.3, 0.4) is 0 Å². The molecule has 3 atom stereocenters. The highest BCUT2D eigenvalue weighted by molar-refractivity contribution is 5.21. The van der Waals surface area contributed by atoms with Crippen LogP contribution in [0.15, 0.2) is 30.3 Å². The first-order chi connectivity index (χ1) is 8.88. The van der Waals surface area contributed by atoms with E-state index in [0.29, 0.717) is 18.7 Å². The number of halogens is 3. The van der Waals surface area contributed by atoms with Gasteiger partial charge in [-0.25, -0.2) is 0 Å². The molecule has 3 unspecified atom stereocenters. The van der Waals surface area contributed by atoms with E-state index in [1.165, 1.54) is 4.90 Å². The third-order valence-electron chi connectivity index (χ3n) is 3.38. The van der Waals surface area contributed by atoms with Crippen molar-refractivity contribution < 1.29 is 13.2 Å². The van der Waals surface area contributed by atoms with Gasteiger partial charge in [0.25, 0.3) is 0 Å². The summed E-state index contributed by atoms with van der Waals surface area (Å²) in [7, 11) is 0. The second kappa shape index (κ2) is 5.51. The maximum atomic E-state index is 13.4. The van der Waals surface area contributed by atoms with Crippen LogP contribution >= 0.6 is 0 Å². The molecule has 0 aliphatic carbocycles. The Labute approximate surface area is 111 Å². The molecule has 1 heterocycles. The molecule has 2 rings (SSSR count). The van der Waals surface area contributed by atoms with Crippen LogP contribution in [0.5, 0.6) is 0 Å². The van der Waals surface area contributed by atoms with Gasteiger partial charge >= 0.3 is 6.18 Å². The van der Waals surface area contributed by atoms with Gasteiger partial charge in [0.2, 0.25) is 0 Å². The zero-order valence-electron chi connectivity index (χ0n) is 11.1. The number of benzene rings is 1. The fourth-order valence-corrected chi connectivity index (χ4v) is 2.82. The van der Waals surface area contributed by atoms with E-state index in [1.807, 2.05) is 13.8 Å². The van der Waals surface area contributed by atoms with Gasteiger partial charge < -0.3 is 5.32 Å². The minimum absolute atomic E-state index is 0.0670. The quantitative estimate of drug-likeness (QED) is 0.890.